The number of ether oxygens (including phenoxy) is 2. The second-order valence-electron chi connectivity index (χ2n) is 8.35. The molecule has 0 bridgehead atoms. The Bertz CT molecular complexity index is 1170. The van der Waals surface area contributed by atoms with Gasteiger partial charge in [0.15, 0.2) is 28.6 Å². The summed E-state index contributed by atoms with van der Waals surface area (Å²) in [5, 5.41) is 68.3. The number of aromatic hydroxyl groups is 4. The number of phenols is 4. The highest BCUT2D eigenvalue weighted by Crippen LogP contribution is 2.33. The molecule has 2 aromatic rings. The maximum Gasteiger partial charge on any atom is 0.335 e. The number of carboxylic acid groups (broad SMARTS) is 1. The third kappa shape index (κ3) is 11.7. The van der Waals surface area contributed by atoms with E-state index in [-0.39, 0.29) is 56.1 Å². The van der Waals surface area contributed by atoms with Gasteiger partial charge in [0, 0.05) is 25.0 Å². The zero-order valence-corrected chi connectivity index (χ0v) is 19.1. The summed E-state index contributed by atoms with van der Waals surface area (Å²) in [6, 6.07) is 7.49. The molecule has 1 fully saturated rings. The van der Waals surface area contributed by atoms with Crippen LogP contribution in [0.4, 0.5) is 0 Å². The van der Waals surface area contributed by atoms with Crippen molar-refractivity contribution >= 4 is 30.1 Å². The van der Waals surface area contributed by atoms with Crippen molar-refractivity contribution in [2.75, 3.05) is 0 Å². The molecule has 2 unspecified atom stereocenters. The Morgan fingerprint density at radius 2 is 1.02 bits per heavy atom. The molecule has 244 valence electrons. The number of hydrogen-bond donors (Lipinski definition) is 7. The van der Waals surface area contributed by atoms with Crippen molar-refractivity contribution in [2.45, 2.75) is 81.3 Å². The van der Waals surface area contributed by atoms with E-state index in [0.717, 1.165) is 12.2 Å². The highest BCUT2D eigenvalue weighted by Gasteiger charge is 2.52. The van der Waals surface area contributed by atoms with Crippen molar-refractivity contribution in [1.29, 1.82) is 0 Å². The van der Waals surface area contributed by atoms with E-state index in [0.29, 0.717) is 11.1 Å². The van der Waals surface area contributed by atoms with Crippen molar-refractivity contribution in [3.63, 3.8) is 0 Å². The number of carbonyl (C=O) groups is 3. The van der Waals surface area contributed by atoms with Gasteiger partial charge in [0.25, 0.3) is 0 Å². The number of rotatable bonds is 7. The molecule has 12 nitrogen and oxygen atoms in total. The number of carboxylic acids is 1. The fourth-order valence-electron chi connectivity index (χ4n) is 3.62. The van der Waals surface area contributed by atoms with Crippen LogP contribution in [0.25, 0.3) is 12.2 Å². The number of carbonyl (C=O) groups excluding carboxylic acids is 2. The van der Waals surface area contributed by atoms with Crippen LogP contribution in [-0.2, 0) is 23.9 Å². The summed E-state index contributed by atoms with van der Waals surface area (Å²) in [6.45, 7) is 0. The van der Waals surface area contributed by atoms with Gasteiger partial charge in [-0.3, -0.25) is 0 Å². The van der Waals surface area contributed by atoms with Crippen molar-refractivity contribution in [1.82, 2.24) is 0 Å². The van der Waals surface area contributed by atoms with Gasteiger partial charge in [-0.15, -0.1) is 0 Å². The van der Waals surface area contributed by atoms with Crippen molar-refractivity contribution in [3.05, 3.63) is 59.7 Å². The molecule has 0 amide bonds. The molecule has 1 aliphatic rings. The Hall–Kier alpha value is -4.55. The molecule has 2 atom stereocenters. The predicted molar refractivity (Wildman–Crippen MR) is 166 cm³/mol. The topological polar surface area (TPSA) is 211 Å². The van der Waals surface area contributed by atoms with Gasteiger partial charge in [-0.2, -0.15) is 0 Å². The van der Waals surface area contributed by atoms with Crippen molar-refractivity contribution in [2.24, 2.45) is 0 Å². The van der Waals surface area contributed by atoms with Crippen LogP contribution in [0.5, 0.6) is 23.0 Å². The van der Waals surface area contributed by atoms with Gasteiger partial charge in [0.05, 0.1) is 0 Å². The van der Waals surface area contributed by atoms with E-state index in [4.69, 9.17) is 9.47 Å². The number of aliphatic hydroxyl groups is 2. The van der Waals surface area contributed by atoms with Gasteiger partial charge in [-0.1, -0.05) is 56.7 Å². The Morgan fingerprint density at radius 3 is 1.33 bits per heavy atom. The van der Waals surface area contributed by atoms with Gasteiger partial charge in [0.2, 0.25) is 0 Å². The minimum atomic E-state index is -2.48. The predicted octanol–water partition coefficient (Wildman–Crippen LogP) is 4.85. The summed E-state index contributed by atoms with van der Waals surface area (Å²) in [7, 11) is 0. The lowest BCUT2D eigenvalue weighted by Crippen LogP contribution is -2.58. The van der Waals surface area contributed by atoms with Crippen LogP contribution < -0.4 is 0 Å². The summed E-state index contributed by atoms with van der Waals surface area (Å²) in [5.74, 6) is -5.31. The van der Waals surface area contributed by atoms with E-state index < -0.39 is 66.2 Å². The molecular weight excluding hydrogens is 564 g/mol. The molecule has 0 aliphatic heterocycles. The molecule has 0 spiro atoms. The number of aliphatic hydroxyl groups excluding tert-OH is 1. The second kappa shape index (κ2) is 18.8. The van der Waals surface area contributed by atoms with E-state index >= 15 is 0 Å². The maximum atomic E-state index is 12.3. The van der Waals surface area contributed by atoms with Crippen LogP contribution in [0.2, 0.25) is 0 Å². The van der Waals surface area contributed by atoms with E-state index in [1.807, 2.05) is 0 Å². The minimum absolute atomic E-state index is 0. The lowest BCUT2D eigenvalue weighted by Gasteiger charge is -2.40. The number of esters is 2. The molecule has 2 aromatic carbocycles. The number of benzene rings is 2. The van der Waals surface area contributed by atoms with Gasteiger partial charge < -0.3 is 45.2 Å². The minimum Gasteiger partial charge on any atom is -0.504 e. The number of phenolic OH excluding ortho intramolecular Hbond substituents is 4. The number of aliphatic carboxylic acids is 1. The van der Waals surface area contributed by atoms with Gasteiger partial charge >= 0.3 is 17.9 Å². The van der Waals surface area contributed by atoms with Gasteiger partial charge in [0.1, 0.15) is 18.3 Å². The van der Waals surface area contributed by atoms with E-state index in [9.17, 15) is 50.1 Å². The largest absolute Gasteiger partial charge is 0.504 e. The van der Waals surface area contributed by atoms with Crippen LogP contribution in [-0.4, -0.2) is 77.6 Å². The molecule has 1 aliphatic carbocycles. The first-order chi connectivity index (χ1) is 17.4. The summed E-state index contributed by atoms with van der Waals surface area (Å²) < 4.78 is 10.2. The first-order valence-electron chi connectivity index (χ1n) is 10.8. The molecule has 0 saturated heterocycles. The Morgan fingerprint density at radius 1 is 0.674 bits per heavy atom. The zero-order chi connectivity index (χ0) is 27.3. The quantitative estimate of drug-likeness (QED) is 0.127. The van der Waals surface area contributed by atoms with Crippen LogP contribution >= 0.6 is 0 Å². The molecular formula is C31H48O12. The summed E-state index contributed by atoms with van der Waals surface area (Å²) in [4.78, 5) is 36.2. The molecule has 7 N–H and O–H groups in total. The summed E-state index contributed by atoms with van der Waals surface area (Å²) in [6.07, 6.45) is -1.86. The van der Waals surface area contributed by atoms with Crippen LogP contribution in [0, 0.1) is 0 Å². The Balaban J connectivity index is -0.00000127. The molecule has 43 heavy (non-hydrogen) atoms. The van der Waals surface area contributed by atoms with Crippen LogP contribution in [0.15, 0.2) is 48.6 Å². The maximum absolute atomic E-state index is 12.3. The highest BCUT2D eigenvalue weighted by molar-refractivity contribution is 5.88. The molecule has 3 rings (SSSR count). The fourth-order valence-corrected chi connectivity index (χ4v) is 3.62. The van der Waals surface area contributed by atoms with Crippen LogP contribution in [0.1, 0.15) is 68.5 Å². The first kappa shape index (κ1) is 45.4. The van der Waals surface area contributed by atoms with E-state index in [1.54, 1.807) is 0 Å². The van der Waals surface area contributed by atoms with E-state index in [1.165, 1.54) is 48.6 Å². The normalized spacial score (nSPS) is 20.4. The Labute approximate surface area is 253 Å². The zero-order valence-electron chi connectivity index (χ0n) is 19.1. The summed E-state index contributed by atoms with van der Waals surface area (Å²) in [5.41, 5.74) is -1.84. The van der Waals surface area contributed by atoms with Crippen LogP contribution in [0.3, 0.4) is 0 Å². The lowest BCUT2D eigenvalue weighted by molar-refractivity contribution is -0.203. The van der Waals surface area contributed by atoms with Gasteiger partial charge in [-0.25, -0.2) is 14.4 Å². The first-order valence-corrected chi connectivity index (χ1v) is 10.8. The fraction of sp³-hybridized carbons (Fsp3) is 0.387. The summed E-state index contributed by atoms with van der Waals surface area (Å²) >= 11 is 0. The smallest absolute Gasteiger partial charge is 0.335 e. The average Bonchev–Trinajstić information content (AvgIpc) is 2.83. The third-order valence-electron chi connectivity index (χ3n) is 5.60. The highest BCUT2D eigenvalue weighted by atomic mass is 16.6. The average molecular weight is 613 g/mol. The Kier molecular flexibility index (Phi) is 19.9. The molecule has 0 heterocycles. The SMILES string of the molecule is C.C.C.C.C.C.O=C(C=Cc1ccc(O)c(O)c1)OC1CC(O)(C(=O)O)CC(OC(=O)C=Cc2ccc(O)c(O)c2)C1O. The molecule has 0 radical (unpaired) electrons. The van der Waals surface area contributed by atoms with E-state index in [2.05, 4.69) is 0 Å². The second-order valence-corrected chi connectivity index (χ2v) is 8.35. The number of hydrogen-bond acceptors (Lipinski definition) is 11. The third-order valence-corrected chi connectivity index (χ3v) is 5.60. The van der Waals surface area contributed by atoms with Crippen molar-refractivity contribution < 1.29 is 59.6 Å². The van der Waals surface area contributed by atoms with Gasteiger partial charge in [-0.05, 0) is 47.5 Å². The lowest BCUT2D eigenvalue weighted by atomic mass is 9.79. The van der Waals surface area contributed by atoms with Crippen molar-refractivity contribution in [3.8, 4) is 23.0 Å². The molecule has 12 heteroatoms. The molecule has 0 aromatic heterocycles. The molecule has 1 saturated carbocycles. The monoisotopic (exact) mass is 612 g/mol. The standard InChI is InChI=1S/C25H24O12.6CH4/c26-15-5-1-13(9-17(15)28)3-7-21(30)36-19-11-25(35,24(33)34)12-20(23(19)32)37-22(31)8-4-14-2-6-16(27)18(29)10-14;;;;;;/h1-10,19-20,23,26-29,32,35H,11-12H2,(H,33,34);6*1H4.